The van der Waals surface area contributed by atoms with Gasteiger partial charge in [-0.3, -0.25) is 4.79 Å². The van der Waals surface area contributed by atoms with Crippen LogP contribution in [-0.2, 0) is 4.79 Å². The molecule has 1 aliphatic rings. The van der Waals surface area contributed by atoms with Crippen LogP contribution in [0.5, 0.6) is 0 Å². The van der Waals surface area contributed by atoms with E-state index in [1.165, 1.54) is 12.1 Å². The van der Waals surface area contributed by atoms with Crippen LogP contribution in [0.4, 0.5) is 5.69 Å². The zero-order chi connectivity index (χ0) is 15.9. The Kier molecular flexibility index (Phi) is 4.06. The highest BCUT2D eigenvalue weighted by atomic mass is 35.5. The fourth-order valence-corrected chi connectivity index (χ4v) is 2.68. The van der Waals surface area contributed by atoms with E-state index < -0.39 is 12.1 Å². The predicted molar refractivity (Wildman–Crippen MR) is 86.0 cm³/mol. The van der Waals surface area contributed by atoms with Crippen molar-refractivity contribution in [3.63, 3.8) is 0 Å². The van der Waals surface area contributed by atoms with E-state index in [9.17, 15) is 9.90 Å². The number of aliphatic imine (C=N–C) groups is 1. The first-order valence-corrected chi connectivity index (χ1v) is 7.28. The average molecular weight is 357 g/mol. The van der Waals surface area contributed by atoms with E-state index >= 15 is 0 Å². The Morgan fingerprint density at radius 1 is 1.14 bits per heavy atom. The van der Waals surface area contributed by atoms with Gasteiger partial charge in [0, 0.05) is 10.6 Å². The number of fused-ring (bicyclic) bond motifs is 1. The fraction of sp³-hybridized carbons (Fsp3) is 0.0714. The van der Waals surface area contributed by atoms with E-state index in [1.807, 2.05) is 0 Å². The average Bonchev–Trinajstić information content (AvgIpc) is 2.57. The summed E-state index contributed by atoms with van der Waals surface area (Å²) in [5.74, 6) is -0.662. The van der Waals surface area contributed by atoms with Crippen LogP contribution < -0.4 is 5.32 Å². The summed E-state index contributed by atoms with van der Waals surface area (Å²) in [6.45, 7) is 0. The monoisotopic (exact) mass is 355 g/mol. The standard InChI is InChI=1S/C14H8Cl3N3O2/c15-6-1-2-7(8(16)5-6)11-12-9(3-4-10(17)19-12)18-13(21)14(22)20-11/h1-5,14,22H,(H,18,21). The van der Waals surface area contributed by atoms with Crippen molar-refractivity contribution in [3.05, 3.63) is 56.8 Å². The number of halogens is 3. The number of aliphatic hydroxyl groups excluding tert-OH is 1. The van der Waals surface area contributed by atoms with Gasteiger partial charge in [-0.2, -0.15) is 0 Å². The van der Waals surface area contributed by atoms with Crippen molar-refractivity contribution < 1.29 is 9.90 Å². The minimum atomic E-state index is -1.57. The number of anilines is 1. The molecule has 0 spiro atoms. The second-order valence-corrected chi connectivity index (χ2v) is 5.73. The van der Waals surface area contributed by atoms with Gasteiger partial charge in [0.25, 0.3) is 5.91 Å². The number of aliphatic hydroxyl groups is 1. The number of aromatic nitrogens is 1. The Bertz CT molecular complexity index is 808. The number of carbonyl (C=O) groups is 1. The Balaban J connectivity index is 2.26. The normalized spacial score (nSPS) is 17.4. The second kappa shape index (κ2) is 5.85. The van der Waals surface area contributed by atoms with E-state index in [2.05, 4.69) is 15.3 Å². The third-order valence-corrected chi connectivity index (χ3v) is 3.77. The smallest absolute Gasteiger partial charge is 0.276 e. The van der Waals surface area contributed by atoms with Crippen LogP contribution in [0.2, 0.25) is 15.2 Å². The van der Waals surface area contributed by atoms with Gasteiger partial charge in [-0.25, -0.2) is 9.98 Å². The lowest BCUT2D eigenvalue weighted by Crippen LogP contribution is -2.24. The molecule has 0 aliphatic carbocycles. The van der Waals surface area contributed by atoms with Gasteiger partial charge in [-0.1, -0.05) is 34.8 Å². The third kappa shape index (κ3) is 2.80. The van der Waals surface area contributed by atoms with Crippen molar-refractivity contribution in [1.82, 2.24) is 4.98 Å². The van der Waals surface area contributed by atoms with Crippen molar-refractivity contribution >= 4 is 52.1 Å². The maximum absolute atomic E-state index is 11.8. The molecule has 1 aromatic heterocycles. The molecule has 112 valence electrons. The molecule has 0 radical (unpaired) electrons. The third-order valence-electron chi connectivity index (χ3n) is 3.02. The molecule has 2 aromatic rings. The first-order valence-electron chi connectivity index (χ1n) is 6.15. The molecule has 0 saturated heterocycles. The molecule has 0 fully saturated rings. The fourth-order valence-electron chi connectivity index (χ4n) is 2.03. The summed E-state index contributed by atoms with van der Waals surface area (Å²) in [4.78, 5) is 20.0. The first kappa shape index (κ1) is 15.2. The summed E-state index contributed by atoms with van der Waals surface area (Å²) in [5, 5.41) is 13.4. The van der Waals surface area contributed by atoms with Crippen molar-refractivity contribution in [2.75, 3.05) is 5.32 Å². The quantitative estimate of drug-likeness (QED) is 0.771. The minimum absolute atomic E-state index is 0.224. The van der Waals surface area contributed by atoms with E-state index in [0.29, 0.717) is 27.0 Å². The number of benzene rings is 1. The van der Waals surface area contributed by atoms with Crippen LogP contribution in [0.1, 0.15) is 11.3 Å². The summed E-state index contributed by atoms with van der Waals surface area (Å²) in [6.07, 6.45) is -1.57. The van der Waals surface area contributed by atoms with Crippen LogP contribution in [0.3, 0.4) is 0 Å². The van der Waals surface area contributed by atoms with Gasteiger partial charge < -0.3 is 10.4 Å². The molecule has 8 heteroatoms. The van der Waals surface area contributed by atoms with E-state index in [4.69, 9.17) is 34.8 Å². The van der Waals surface area contributed by atoms with Crippen LogP contribution in [-0.4, -0.2) is 27.9 Å². The van der Waals surface area contributed by atoms with Crippen molar-refractivity contribution in [2.45, 2.75) is 6.23 Å². The van der Waals surface area contributed by atoms with Gasteiger partial charge in [0.15, 0.2) is 0 Å². The van der Waals surface area contributed by atoms with Gasteiger partial charge in [0.2, 0.25) is 6.23 Å². The van der Waals surface area contributed by atoms with Gasteiger partial charge in [0.1, 0.15) is 10.8 Å². The van der Waals surface area contributed by atoms with Crippen molar-refractivity contribution in [1.29, 1.82) is 0 Å². The lowest BCUT2D eigenvalue weighted by molar-refractivity contribution is -0.123. The zero-order valence-corrected chi connectivity index (χ0v) is 13.1. The maximum atomic E-state index is 11.8. The highest BCUT2D eigenvalue weighted by molar-refractivity contribution is 6.38. The lowest BCUT2D eigenvalue weighted by Gasteiger charge is -2.10. The summed E-state index contributed by atoms with van der Waals surface area (Å²) >= 11 is 18.0. The molecule has 2 heterocycles. The van der Waals surface area contributed by atoms with E-state index in [0.717, 1.165) is 0 Å². The SMILES string of the molecule is O=C1Nc2ccc(Cl)nc2C(c2ccc(Cl)cc2Cl)=NC1O. The topological polar surface area (TPSA) is 74.6 Å². The molecule has 22 heavy (non-hydrogen) atoms. The first-order chi connectivity index (χ1) is 10.5. The van der Waals surface area contributed by atoms with Gasteiger partial charge in [-0.05, 0) is 30.3 Å². The maximum Gasteiger partial charge on any atom is 0.276 e. The number of nitrogens with zero attached hydrogens (tertiary/aromatic N) is 2. The Morgan fingerprint density at radius 3 is 2.64 bits per heavy atom. The number of pyridine rings is 1. The minimum Gasteiger partial charge on any atom is -0.364 e. The summed E-state index contributed by atoms with van der Waals surface area (Å²) in [6, 6.07) is 7.91. The highest BCUT2D eigenvalue weighted by Gasteiger charge is 2.26. The van der Waals surface area contributed by atoms with Crippen molar-refractivity contribution in [3.8, 4) is 0 Å². The largest absolute Gasteiger partial charge is 0.364 e. The van der Waals surface area contributed by atoms with Crippen LogP contribution in [0, 0.1) is 0 Å². The highest BCUT2D eigenvalue weighted by Crippen LogP contribution is 2.28. The molecule has 1 aromatic carbocycles. The molecule has 5 nitrogen and oxygen atoms in total. The number of amides is 1. The summed E-state index contributed by atoms with van der Waals surface area (Å²) < 4.78 is 0. The number of carbonyl (C=O) groups excluding carboxylic acids is 1. The zero-order valence-electron chi connectivity index (χ0n) is 10.8. The number of nitrogens with one attached hydrogen (secondary N) is 1. The molecular formula is C14H8Cl3N3O2. The van der Waals surface area contributed by atoms with Crippen LogP contribution in [0.25, 0.3) is 0 Å². The molecule has 2 N–H and O–H groups in total. The molecule has 1 atom stereocenters. The summed E-state index contributed by atoms with van der Waals surface area (Å²) in [5.41, 5.74) is 1.44. The van der Waals surface area contributed by atoms with Gasteiger partial charge in [-0.15, -0.1) is 0 Å². The van der Waals surface area contributed by atoms with Gasteiger partial charge >= 0.3 is 0 Å². The molecule has 0 bridgehead atoms. The molecule has 1 aliphatic heterocycles. The van der Waals surface area contributed by atoms with Crippen molar-refractivity contribution in [2.24, 2.45) is 4.99 Å². The van der Waals surface area contributed by atoms with Crippen LogP contribution in [0.15, 0.2) is 35.3 Å². The summed E-state index contributed by atoms with van der Waals surface area (Å²) in [7, 11) is 0. The molecule has 1 unspecified atom stereocenters. The number of hydrogen-bond acceptors (Lipinski definition) is 4. The molecule has 3 rings (SSSR count). The molecular weight excluding hydrogens is 349 g/mol. The Hall–Kier alpha value is -1.66. The van der Waals surface area contributed by atoms with E-state index in [1.54, 1.807) is 18.2 Å². The Labute approximate surface area is 140 Å². The number of hydrogen-bond donors (Lipinski definition) is 2. The van der Waals surface area contributed by atoms with E-state index in [-0.39, 0.29) is 10.9 Å². The second-order valence-electron chi connectivity index (χ2n) is 4.49. The Morgan fingerprint density at radius 2 is 1.91 bits per heavy atom. The number of rotatable bonds is 1. The lowest BCUT2D eigenvalue weighted by atomic mass is 10.1. The van der Waals surface area contributed by atoms with Gasteiger partial charge in [0.05, 0.1) is 16.4 Å². The molecule has 0 saturated carbocycles. The molecule has 1 amide bonds. The van der Waals surface area contributed by atoms with Crippen LogP contribution >= 0.6 is 34.8 Å². The predicted octanol–water partition coefficient (Wildman–Crippen LogP) is 3.15.